The Morgan fingerprint density at radius 1 is 1.05 bits per heavy atom. The van der Waals surface area contributed by atoms with E-state index >= 15 is 0 Å². The number of ether oxygens (including phenoxy) is 1. The van der Waals surface area contributed by atoms with E-state index in [1.54, 1.807) is 6.92 Å². The summed E-state index contributed by atoms with van der Waals surface area (Å²) in [4.78, 5) is 10.6. The van der Waals surface area contributed by atoms with E-state index in [4.69, 9.17) is 10.5 Å². The van der Waals surface area contributed by atoms with Crippen LogP contribution in [0.2, 0.25) is 0 Å². The quantitative estimate of drug-likeness (QED) is 0.661. The summed E-state index contributed by atoms with van der Waals surface area (Å²) in [7, 11) is 0. The van der Waals surface area contributed by atoms with Gasteiger partial charge in [-0.15, -0.1) is 0 Å². The lowest BCUT2D eigenvalue weighted by Crippen LogP contribution is -2.25. The van der Waals surface area contributed by atoms with Gasteiger partial charge in [0.25, 0.3) is 0 Å². The third-order valence-corrected chi connectivity index (χ3v) is 2.58. The number of amides is 2. The van der Waals surface area contributed by atoms with E-state index < -0.39 is 6.03 Å². The van der Waals surface area contributed by atoms with E-state index in [1.807, 2.05) is 54.6 Å². The van der Waals surface area contributed by atoms with Gasteiger partial charge in [0, 0.05) is 0 Å². The van der Waals surface area contributed by atoms with Crippen LogP contribution in [0, 0.1) is 0 Å². The molecule has 0 aliphatic heterocycles. The molecule has 0 spiro atoms. The molecule has 0 aliphatic carbocycles. The topological polar surface area (TPSA) is 76.7 Å². The number of hydrogen-bond donors (Lipinski definition) is 2. The fourth-order valence-electron chi connectivity index (χ4n) is 1.59. The lowest BCUT2D eigenvalue weighted by molar-refractivity contribution is 0.249. The molecule has 5 heteroatoms. The Labute approximate surface area is 117 Å². The number of nitrogens with one attached hydrogen (secondary N) is 1. The van der Waals surface area contributed by atoms with Gasteiger partial charge in [0.15, 0.2) is 0 Å². The number of hydrazone groups is 1. The van der Waals surface area contributed by atoms with Crippen LogP contribution in [0.4, 0.5) is 4.79 Å². The Hall–Kier alpha value is -2.82. The largest absolute Gasteiger partial charge is 0.457 e. The van der Waals surface area contributed by atoms with Crippen molar-refractivity contribution in [2.75, 3.05) is 0 Å². The summed E-state index contributed by atoms with van der Waals surface area (Å²) in [5.74, 6) is 1.51. The Kier molecular flexibility index (Phi) is 4.34. The van der Waals surface area contributed by atoms with Crippen molar-refractivity contribution < 1.29 is 9.53 Å². The minimum Gasteiger partial charge on any atom is -0.457 e. The predicted octanol–water partition coefficient (Wildman–Crippen LogP) is 2.87. The van der Waals surface area contributed by atoms with E-state index in [-0.39, 0.29) is 0 Å². The number of nitrogens with two attached hydrogens (primary N) is 1. The van der Waals surface area contributed by atoms with Crippen LogP contribution in [0.3, 0.4) is 0 Å². The van der Waals surface area contributed by atoms with Crippen LogP contribution < -0.4 is 15.9 Å². The van der Waals surface area contributed by atoms with Gasteiger partial charge in [-0.1, -0.05) is 18.2 Å². The molecular formula is C15H15N3O2. The third kappa shape index (κ3) is 3.84. The number of urea groups is 1. The van der Waals surface area contributed by atoms with Crippen LogP contribution in [0.25, 0.3) is 0 Å². The van der Waals surface area contributed by atoms with Gasteiger partial charge in [-0.05, 0) is 48.9 Å². The predicted molar refractivity (Wildman–Crippen MR) is 77.9 cm³/mol. The first-order valence-electron chi connectivity index (χ1n) is 6.08. The number of carbonyl (C=O) groups is 1. The maximum atomic E-state index is 10.6. The first kappa shape index (κ1) is 13.6. The van der Waals surface area contributed by atoms with Crippen LogP contribution >= 0.6 is 0 Å². The number of hydrogen-bond acceptors (Lipinski definition) is 3. The molecule has 0 radical (unpaired) electrons. The first-order valence-corrected chi connectivity index (χ1v) is 6.08. The molecule has 102 valence electrons. The number of primary amides is 1. The summed E-state index contributed by atoms with van der Waals surface area (Å²) in [6.07, 6.45) is 0. The zero-order chi connectivity index (χ0) is 14.4. The molecule has 0 atom stereocenters. The lowest BCUT2D eigenvalue weighted by atomic mass is 10.1. The average Bonchev–Trinajstić information content (AvgIpc) is 2.46. The summed E-state index contributed by atoms with van der Waals surface area (Å²) in [6, 6.07) is 16.2. The first-order chi connectivity index (χ1) is 9.65. The third-order valence-electron chi connectivity index (χ3n) is 2.58. The Bertz CT molecular complexity index is 607. The van der Waals surface area contributed by atoms with Gasteiger partial charge in [-0.25, -0.2) is 10.2 Å². The maximum absolute atomic E-state index is 10.6. The minimum absolute atomic E-state index is 0.662. The molecule has 0 bridgehead atoms. The van der Waals surface area contributed by atoms with Crippen LogP contribution in [-0.2, 0) is 0 Å². The van der Waals surface area contributed by atoms with Gasteiger partial charge < -0.3 is 10.5 Å². The van der Waals surface area contributed by atoms with E-state index in [0.29, 0.717) is 5.71 Å². The molecule has 2 amide bonds. The van der Waals surface area contributed by atoms with Crippen LogP contribution in [-0.4, -0.2) is 11.7 Å². The normalized spacial score (nSPS) is 10.9. The highest BCUT2D eigenvalue weighted by Gasteiger charge is 2.00. The van der Waals surface area contributed by atoms with Crippen molar-refractivity contribution in [3.05, 3.63) is 60.2 Å². The Morgan fingerprint density at radius 3 is 2.25 bits per heavy atom. The Balaban J connectivity index is 2.06. The standard InChI is InChI=1S/C15H15N3O2/c1-11(17-18-15(16)19)12-7-9-14(10-8-12)20-13-5-3-2-4-6-13/h2-10H,1H3,(H3,16,18,19). The number of rotatable bonds is 4. The van der Waals surface area contributed by atoms with E-state index in [2.05, 4.69) is 10.5 Å². The molecule has 2 aromatic carbocycles. The highest BCUT2D eigenvalue weighted by molar-refractivity contribution is 5.99. The van der Waals surface area contributed by atoms with Gasteiger partial charge >= 0.3 is 6.03 Å². The lowest BCUT2D eigenvalue weighted by Gasteiger charge is -2.06. The van der Waals surface area contributed by atoms with Gasteiger partial charge in [0.2, 0.25) is 0 Å². The van der Waals surface area contributed by atoms with Crippen LogP contribution in [0.1, 0.15) is 12.5 Å². The van der Waals surface area contributed by atoms with Crippen molar-refractivity contribution in [1.82, 2.24) is 5.43 Å². The van der Waals surface area contributed by atoms with Crippen molar-refractivity contribution >= 4 is 11.7 Å². The molecular weight excluding hydrogens is 254 g/mol. The van der Waals surface area contributed by atoms with Crippen molar-refractivity contribution in [3.63, 3.8) is 0 Å². The molecule has 5 nitrogen and oxygen atoms in total. The van der Waals surface area contributed by atoms with E-state index in [0.717, 1.165) is 17.1 Å². The number of nitrogens with zero attached hydrogens (tertiary/aromatic N) is 1. The molecule has 0 aromatic heterocycles. The molecule has 0 saturated carbocycles. The van der Waals surface area contributed by atoms with Crippen LogP contribution in [0.5, 0.6) is 11.5 Å². The second-order valence-corrected chi connectivity index (χ2v) is 4.11. The van der Waals surface area contributed by atoms with Gasteiger partial charge in [0.1, 0.15) is 11.5 Å². The van der Waals surface area contributed by atoms with E-state index in [1.165, 1.54) is 0 Å². The molecule has 2 rings (SSSR count). The molecule has 0 unspecified atom stereocenters. The van der Waals surface area contributed by atoms with Crippen molar-refractivity contribution in [1.29, 1.82) is 0 Å². The fraction of sp³-hybridized carbons (Fsp3) is 0.0667. The summed E-state index contributed by atoms with van der Waals surface area (Å²) in [6.45, 7) is 1.78. The highest BCUT2D eigenvalue weighted by atomic mass is 16.5. The fourth-order valence-corrected chi connectivity index (χ4v) is 1.59. The SMILES string of the molecule is CC(=NNC(N)=O)c1ccc(Oc2ccccc2)cc1. The summed E-state index contributed by atoms with van der Waals surface area (Å²) in [5, 5.41) is 3.86. The van der Waals surface area contributed by atoms with Crippen molar-refractivity contribution in [3.8, 4) is 11.5 Å². The molecule has 0 aliphatic rings. The zero-order valence-electron chi connectivity index (χ0n) is 11.0. The monoisotopic (exact) mass is 269 g/mol. The second kappa shape index (κ2) is 6.38. The van der Waals surface area contributed by atoms with Crippen LogP contribution in [0.15, 0.2) is 59.7 Å². The molecule has 3 N–H and O–H groups in total. The zero-order valence-corrected chi connectivity index (χ0v) is 11.0. The molecule has 0 heterocycles. The van der Waals surface area contributed by atoms with Gasteiger partial charge in [-0.2, -0.15) is 5.10 Å². The van der Waals surface area contributed by atoms with Gasteiger partial charge in [0.05, 0.1) is 5.71 Å². The second-order valence-electron chi connectivity index (χ2n) is 4.11. The molecule has 0 fully saturated rings. The van der Waals surface area contributed by atoms with Crippen molar-refractivity contribution in [2.45, 2.75) is 6.92 Å². The number of benzene rings is 2. The highest BCUT2D eigenvalue weighted by Crippen LogP contribution is 2.21. The van der Waals surface area contributed by atoms with E-state index in [9.17, 15) is 4.79 Å². The maximum Gasteiger partial charge on any atom is 0.332 e. The molecule has 2 aromatic rings. The smallest absolute Gasteiger partial charge is 0.332 e. The molecule has 20 heavy (non-hydrogen) atoms. The van der Waals surface area contributed by atoms with Gasteiger partial charge in [-0.3, -0.25) is 0 Å². The molecule has 0 saturated heterocycles. The number of carbonyl (C=O) groups excluding carboxylic acids is 1. The van der Waals surface area contributed by atoms with Crippen molar-refractivity contribution in [2.24, 2.45) is 10.8 Å². The average molecular weight is 269 g/mol. The number of para-hydroxylation sites is 1. The Morgan fingerprint density at radius 2 is 1.65 bits per heavy atom. The summed E-state index contributed by atoms with van der Waals surface area (Å²) >= 11 is 0. The summed E-state index contributed by atoms with van der Waals surface area (Å²) < 4.78 is 5.68. The minimum atomic E-state index is -0.687. The summed E-state index contributed by atoms with van der Waals surface area (Å²) in [5.41, 5.74) is 8.68.